The summed E-state index contributed by atoms with van der Waals surface area (Å²) in [5.41, 5.74) is 7.89. The molecule has 0 saturated heterocycles. The molecule has 0 radical (unpaired) electrons. The van der Waals surface area contributed by atoms with Gasteiger partial charge in [0.25, 0.3) is 0 Å². The molecule has 1 heterocycles. The van der Waals surface area contributed by atoms with E-state index >= 15 is 0 Å². The third-order valence-electron chi connectivity index (χ3n) is 2.39. The number of hydrogen-bond acceptors (Lipinski definition) is 3. The Labute approximate surface area is 97.5 Å². The number of nitrogens with one attached hydrogen (secondary N) is 1. The smallest absolute Gasteiger partial charge is 0.0460 e. The highest BCUT2D eigenvalue weighted by Gasteiger charge is 2.07. The van der Waals surface area contributed by atoms with Gasteiger partial charge >= 0.3 is 0 Å². The van der Waals surface area contributed by atoms with Crippen molar-refractivity contribution in [3.63, 3.8) is 0 Å². The van der Waals surface area contributed by atoms with Crippen molar-refractivity contribution in [1.82, 2.24) is 10.3 Å². The maximum atomic E-state index is 5.73. The zero-order valence-corrected chi connectivity index (χ0v) is 9.96. The van der Waals surface area contributed by atoms with E-state index in [1.165, 1.54) is 0 Å². The summed E-state index contributed by atoms with van der Waals surface area (Å²) in [6, 6.07) is 4.25. The summed E-state index contributed by atoms with van der Waals surface area (Å²) in [7, 11) is 0. The van der Waals surface area contributed by atoms with Gasteiger partial charge in [0.2, 0.25) is 0 Å². The number of aromatic nitrogens is 1. The molecule has 0 bridgehead atoms. The fraction of sp³-hybridized carbons (Fsp3) is 0.462. The minimum absolute atomic E-state index is 0.173. The Balaban J connectivity index is 2.52. The molecule has 1 unspecified atom stereocenters. The van der Waals surface area contributed by atoms with Crippen molar-refractivity contribution in [3.8, 4) is 11.8 Å². The van der Waals surface area contributed by atoms with Gasteiger partial charge in [0.1, 0.15) is 0 Å². The standard InChI is InChI=1S/C13H19N3/c1-3-4-5-8-15-13(9-14)12-7-6-11(2)16-10-12/h6-7,10,13,15H,5,8-9,14H2,1-2H3. The molecule has 1 atom stereocenters. The van der Waals surface area contributed by atoms with E-state index < -0.39 is 0 Å². The van der Waals surface area contributed by atoms with Crippen LogP contribution in [0.25, 0.3) is 0 Å². The summed E-state index contributed by atoms with van der Waals surface area (Å²) in [6.07, 6.45) is 2.73. The molecule has 0 spiro atoms. The lowest BCUT2D eigenvalue weighted by Gasteiger charge is -2.16. The lowest BCUT2D eigenvalue weighted by Crippen LogP contribution is -2.29. The summed E-state index contributed by atoms with van der Waals surface area (Å²) in [4.78, 5) is 4.27. The van der Waals surface area contributed by atoms with Crippen LogP contribution in [0.1, 0.15) is 30.6 Å². The fourth-order valence-corrected chi connectivity index (χ4v) is 1.46. The Morgan fingerprint density at radius 2 is 2.31 bits per heavy atom. The van der Waals surface area contributed by atoms with Crippen LogP contribution >= 0.6 is 0 Å². The molecule has 0 aromatic carbocycles. The molecule has 0 aliphatic carbocycles. The summed E-state index contributed by atoms with van der Waals surface area (Å²) >= 11 is 0. The molecule has 1 aromatic heterocycles. The van der Waals surface area contributed by atoms with E-state index in [0.717, 1.165) is 24.2 Å². The van der Waals surface area contributed by atoms with E-state index in [9.17, 15) is 0 Å². The molecule has 0 saturated carbocycles. The Morgan fingerprint density at radius 1 is 1.50 bits per heavy atom. The summed E-state index contributed by atoms with van der Waals surface area (Å²) in [6.45, 7) is 5.26. The van der Waals surface area contributed by atoms with E-state index in [-0.39, 0.29) is 6.04 Å². The molecule has 3 N–H and O–H groups in total. The first-order valence-electron chi connectivity index (χ1n) is 5.53. The van der Waals surface area contributed by atoms with Gasteiger partial charge in [0, 0.05) is 37.4 Å². The molecular weight excluding hydrogens is 198 g/mol. The molecule has 1 rings (SSSR count). The number of nitrogens with two attached hydrogens (primary N) is 1. The van der Waals surface area contributed by atoms with Crippen LogP contribution in [0.2, 0.25) is 0 Å². The van der Waals surface area contributed by atoms with Gasteiger partial charge in [0.05, 0.1) is 0 Å². The topological polar surface area (TPSA) is 50.9 Å². The molecule has 86 valence electrons. The minimum atomic E-state index is 0.173. The third kappa shape index (κ3) is 4.01. The molecule has 0 fully saturated rings. The minimum Gasteiger partial charge on any atom is -0.329 e. The predicted molar refractivity (Wildman–Crippen MR) is 66.8 cm³/mol. The largest absolute Gasteiger partial charge is 0.329 e. The molecule has 3 nitrogen and oxygen atoms in total. The normalized spacial score (nSPS) is 11.7. The van der Waals surface area contributed by atoms with Crippen LogP contribution in [-0.2, 0) is 0 Å². The zero-order valence-electron chi connectivity index (χ0n) is 9.96. The van der Waals surface area contributed by atoms with Crippen LogP contribution in [-0.4, -0.2) is 18.1 Å². The van der Waals surface area contributed by atoms with Crippen LogP contribution in [0.4, 0.5) is 0 Å². The highest BCUT2D eigenvalue weighted by molar-refractivity contribution is 5.17. The van der Waals surface area contributed by atoms with Gasteiger partial charge in [-0.1, -0.05) is 6.07 Å². The molecular formula is C13H19N3. The second-order valence-corrected chi connectivity index (χ2v) is 3.65. The van der Waals surface area contributed by atoms with Crippen molar-refractivity contribution < 1.29 is 0 Å². The molecule has 0 amide bonds. The van der Waals surface area contributed by atoms with Gasteiger partial charge in [-0.25, -0.2) is 0 Å². The van der Waals surface area contributed by atoms with Gasteiger partial charge in [0.15, 0.2) is 0 Å². The number of pyridine rings is 1. The number of rotatable bonds is 5. The Kier molecular flexibility index (Phi) is 5.55. The van der Waals surface area contributed by atoms with Crippen LogP contribution in [0.5, 0.6) is 0 Å². The van der Waals surface area contributed by atoms with Gasteiger partial charge in [-0.15, -0.1) is 11.8 Å². The monoisotopic (exact) mass is 217 g/mol. The fourth-order valence-electron chi connectivity index (χ4n) is 1.46. The van der Waals surface area contributed by atoms with Crippen LogP contribution in [0.15, 0.2) is 18.3 Å². The zero-order chi connectivity index (χ0) is 11.8. The number of nitrogens with zero attached hydrogens (tertiary/aromatic N) is 1. The van der Waals surface area contributed by atoms with Crippen molar-refractivity contribution in [2.75, 3.05) is 13.1 Å². The first kappa shape index (κ1) is 12.7. The average molecular weight is 217 g/mol. The third-order valence-corrected chi connectivity index (χ3v) is 2.39. The summed E-state index contributed by atoms with van der Waals surface area (Å²) in [5.74, 6) is 5.89. The molecule has 1 aromatic rings. The van der Waals surface area contributed by atoms with Crippen LogP contribution in [0, 0.1) is 18.8 Å². The summed E-state index contributed by atoms with van der Waals surface area (Å²) < 4.78 is 0. The highest BCUT2D eigenvalue weighted by atomic mass is 14.9. The summed E-state index contributed by atoms with van der Waals surface area (Å²) in [5, 5.41) is 3.37. The number of aryl methyl sites for hydroxylation is 1. The second kappa shape index (κ2) is 7.00. The number of hydrogen-bond donors (Lipinski definition) is 2. The molecule has 16 heavy (non-hydrogen) atoms. The van der Waals surface area contributed by atoms with Crippen LogP contribution in [0.3, 0.4) is 0 Å². The quantitative estimate of drug-likeness (QED) is 0.579. The van der Waals surface area contributed by atoms with Gasteiger partial charge in [-0.05, 0) is 25.5 Å². The van der Waals surface area contributed by atoms with Gasteiger partial charge in [-0.3, -0.25) is 4.98 Å². The van der Waals surface area contributed by atoms with Crippen molar-refractivity contribution in [2.45, 2.75) is 26.3 Å². The van der Waals surface area contributed by atoms with Crippen LogP contribution < -0.4 is 11.1 Å². The van der Waals surface area contributed by atoms with Crippen molar-refractivity contribution in [3.05, 3.63) is 29.6 Å². The lowest BCUT2D eigenvalue weighted by atomic mass is 10.1. The van der Waals surface area contributed by atoms with Crippen molar-refractivity contribution >= 4 is 0 Å². The van der Waals surface area contributed by atoms with Gasteiger partial charge < -0.3 is 11.1 Å². The molecule has 3 heteroatoms. The molecule has 0 aliphatic rings. The molecule has 0 aliphatic heterocycles. The van der Waals surface area contributed by atoms with E-state index in [2.05, 4.69) is 28.2 Å². The Hall–Kier alpha value is -1.37. The van der Waals surface area contributed by atoms with E-state index in [0.29, 0.717) is 6.54 Å². The maximum Gasteiger partial charge on any atom is 0.0460 e. The first-order chi connectivity index (χ1) is 7.77. The van der Waals surface area contributed by atoms with E-state index in [4.69, 9.17) is 5.73 Å². The maximum absolute atomic E-state index is 5.73. The van der Waals surface area contributed by atoms with E-state index in [1.807, 2.05) is 26.1 Å². The second-order valence-electron chi connectivity index (χ2n) is 3.65. The lowest BCUT2D eigenvalue weighted by molar-refractivity contribution is 0.549. The Morgan fingerprint density at radius 3 is 2.88 bits per heavy atom. The Bertz CT molecular complexity index is 359. The SMILES string of the molecule is CC#CCCNC(CN)c1ccc(C)nc1. The van der Waals surface area contributed by atoms with Crippen molar-refractivity contribution in [1.29, 1.82) is 0 Å². The average Bonchev–Trinajstić information content (AvgIpc) is 2.31. The van der Waals surface area contributed by atoms with Gasteiger partial charge in [-0.2, -0.15) is 0 Å². The van der Waals surface area contributed by atoms with Crippen molar-refractivity contribution in [2.24, 2.45) is 5.73 Å². The first-order valence-corrected chi connectivity index (χ1v) is 5.53. The highest BCUT2D eigenvalue weighted by Crippen LogP contribution is 2.10. The predicted octanol–water partition coefficient (Wildman–Crippen LogP) is 1.39. The van der Waals surface area contributed by atoms with E-state index in [1.54, 1.807) is 0 Å².